The van der Waals surface area contributed by atoms with Crippen molar-refractivity contribution < 1.29 is 4.42 Å². The lowest BCUT2D eigenvalue weighted by Crippen LogP contribution is -1.92. The molecule has 0 aliphatic heterocycles. The monoisotopic (exact) mass is 229 g/mol. The minimum atomic E-state index is 0.487. The summed E-state index contributed by atoms with van der Waals surface area (Å²) in [6.07, 6.45) is 3.27. The zero-order chi connectivity index (χ0) is 12.0. The third-order valence-electron chi connectivity index (χ3n) is 2.52. The molecule has 0 saturated heterocycles. The van der Waals surface area contributed by atoms with Crippen LogP contribution in [-0.2, 0) is 7.05 Å². The number of aryl methyl sites for hydroxylation is 2. The Kier molecular flexibility index (Phi) is 1.91. The number of nitrogens with zero attached hydrogens (tertiary/aromatic N) is 4. The zero-order valence-corrected chi connectivity index (χ0v) is 9.51. The predicted octanol–water partition coefficient (Wildman–Crippen LogP) is 1.51. The lowest BCUT2D eigenvalue weighted by atomic mass is 10.2. The van der Waals surface area contributed by atoms with Crippen LogP contribution in [0.3, 0.4) is 0 Å². The molecular weight excluding hydrogens is 218 g/mol. The van der Waals surface area contributed by atoms with Gasteiger partial charge in [0, 0.05) is 7.05 Å². The van der Waals surface area contributed by atoms with Gasteiger partial charge in [-0.3, -0.25) is 0 Å². The van der Waals surface area contributed by atoms with Crippen molar-refractivity contribution in [2.24, 2.45) is 7.05 Å². The van der Waals surface area contributed by atoms with E-state index in [1.165, 1.54) is 0 Å². The third-order valence-corrected chi connectivity index (χ3v) is 2.52. The maximum atomic E-state index is 5.73. The molecule has 0 amide bonds. The number of pyridine rings is 1. The number of hydrogen-bond acceptors (Lipinski definition) is 5. The highest BCUT2D eigenvalue weighted by atomic mass is 16.4. The summed E-state index contributed by atoms with van der Waals surface area (Å²) < 4.78 is 7.16. The summed E-state index contributed by atoms with van der Waals surface area (Å²) >= 11 is 0. The summed E-state index contributed by atoms with van der Waals surface area (Å²) in [6, 6.07) is 1.82. The van der Waals surface area contributed by atoms with E-state index in [1.807, 2.05) is 20.0 Å². The molecule has 0 saturated carbocycles. The number of nitrogen functional groups attached to an aromatic ring is 1. The molecule has 2 N–H and O–H groups in total. The topological polar surface area (TPSA) is 82.8 Å². The van der Waals surface area contributed by atoms with E-state index in [9.17, 15) is 0 Å². The smallest absolute Gasteiger partial charge is 0.247 e. The van der Waals surface area contributed by atoms with Gasteiger partial charge in [0.2, 0.25) is 5.89 Å². The van der Waals surface area contributed by atoms with E-state index >= 15 is 0 Å². The normalized spacial score (nSPS) is 11.2. The summed E-state index contributed by atoms with van der Waals surface area (Å²) in [5, 5.41) is 5.20. The summed E-state index contributed by atoms with van der Waals surface area (Å²) in [5.74, 6) is 1.23. The van der Waals surface area contributed by atoms with Crippen LogP contribution < -0.4 is 5.73 Å². The van der Waals surface area contributed by atoms with Gasteiger partial charge in [0.05, 0.1) is 23.5 Å². The molecule has 3 heterocycles. The molecule has 0 atom stereocenters. The number of fused-ring (bicyclic) bond motifs is 1. The SMILES string of the molecule is Cc1cnc(-c2nn(C)c3ncc(N)cc23)o1. The number of nitrogens with two attached hydrogens (primary N) is 1. The van der Waals surface area contributed by atoms with E-state index in [4.69, 9.17) is 10.2 Å². The van der Waals surface area contributed by atoms with Gasteiger partial charge in [-0.25, -0.2) is 14.6 Å². The van der Waals surface area contributed by atoms with E-state index in [1.54, 1.807) is 17.1 Å². The fourth-order valence-corrected chi connectivity index (χ4v) is 1.78. The highest BCUT2D eigenvalue weighted by molar-refractivity contribution is 5.90. The average Bonchev–Trinajstić information content (AvgIpc) is 2.83. The molecule has 0 aliphatic rings. The number of oxazole rings is 1. The van der Waals surface area contributed by atoms with Gasteiger partial charge in [0.1, 0.15) is 5.76 Å². The lowest BCUT2D eigenvalue weighted by Gasteiger charge is -1.94. The van der Waals surface area contributed by atoms with Crippen LogP contribution >= 0.6 is 0 Å². The molecule has 86 valence electrons. The summed E-state index contributed by atoms with van der Waals surface area (Å²) in [5.41, 5.74) is 7.74. The Morgan fingerprint density at radius 3 is 2.82 bits per heavy atom. The molecule has 0 radical (unpaired) electrons. The minimum Gasteiger partial charge on any atom is -0.440 e. The molecule has 6 heteroatoms. The Bertz CT molecular complexity index is 697. The van der Waals surface area contributed by atoms with E-state index in [-0.39, 0.29) is 0 Å². The Morgan fingerprint density at radius 2 is 2.12 bits per heavy atom. The first-order chi connectivity index (χ1) is 8.15. The van der Waals surface area contributed by atoms with E-state index in [0.717, 1.165) is 16.8 Å². The first kappa shape index (κ1) is 9.83. The van der Waals surface area contributed by atoms with Crippen LogP contribution in [0, 0.1) is 6.92 Å². The Balaban J connectivity index is 2.33. The van der Waals surface area contributed by atoms with Gasteiger partial charge in [-0.1, -0.05) is 0 Å². The first-order valence-corrected chi connectivity index (χ1v) is 5.16. The first-order valence-electron chi connectivity index (χ1n) is 5.16. The van der Waals surface area contributed by atoms with Gasteiger partial charge in [-0.15, -0.1) is 0 Å². The molecule has 0 aliphatic carbocycles. The molecule has 0 bridgehead atoms. The third kappa shape index (κ3) is 1.45. The summed E-state index contributed by atoms with van der Waals surface area (Å²) in [6.45, 7) is 1.84. The van der Waals surface area contributed by atoms with Gasteiger partial charge in [-0.05, 0) is 13.0 Å². The van der Waals surface area contributed by atoms with Crippen molar-refractivity contribution in [3.8, 4) is 11.6 Å². The quantitative estimate of drug-likeness (QED) is 0.683. The van der Waals surface area contributed by atoms with Gasteiger partial charge in [-0.2, -0.15) is 5.10 Å². The second-order valence-corrected chi connectivity index (χ2v) is 3.89. The van der Waals surface area contributed by atoms with Crippen LogP contribution in [0.25, 0.3) is 22.6 Å². The molecule has 6 nitrogen and oxygen atoms in total. The van der Waals surface area contributed by atoms with Crippen LogP contribution in [0.15, 0.2) is 22.9 Å². The maximum Gasteiger partial charge on any atom is 0.247 e. The lowest BCUT2D eigenvalue weighted by molar-refractivity contribution is 0.539. The van der Waals surface area contributed by atoms with Gasteiger partial charge in [0.15, 0.2) is 11.3 Å². The van der Waals surface area contributed by atoms with Gasteiger partial charge < -0.3 is 10.2 Å². The predicted molar refractivity (Wildman–Crippen MR) is 63.2 cm³/mol. The largest absolute Gasteiger partial charge is 0.440 e. The molecule has 17 heavy (non-hydrogen) atoms. The van der Waals surface area contributed by atoms with Crippen molar-refractivity contribution in [3.63, 3.8) is 0 Å². The van der Waals surface area contributed by atoms with Gasteiger partial charge in [0.25, 0.3) is 0 Å². The van der Waals surface area contributed by atoms with E-state index < -0.39 is 0 Å². The standard InChI is InChI=1S/C11H11N5O/c1-6-4-14-11(17-6)9-8-3-7(12)5-13-10(8)16(2)15-9/h3-5H,12H2,1-2H3. The van der Waals surface area contributed by atoms with Crippen LogP contribution in [-0.4, -0.2) is 19.7 Å². The molecule has 3 aromatic rings. The Morgan fingerprint density at radius 1 is 1.29 bits per heavy atom. The van der Waals surface area contributed by atoms with Crippen LogP contribution in [0.4, 0.5) is 5.69 Å². The van der Waals surface area contributed by atoms with Gasteiger partial charge >= 0.3 is 0 Å². The number of anilines is 1. The van der Waals surface area contributed by atoms with Crippen molar-refractivity contribution in [2.75, 3.05) is 5.73 Å². The Hall–Kier alpha value is -2.37. The minimum absolute atomic E-state index is 0.487. The fraction of sp³-hybridized carbons (Fsp3) is 0.182. The second-order valence-electron chi connectivity index (χ2n) is 3.89. The highest BCUT2D eigenvalue weighted by Gasteiger charge is 2.15. The molecule has 3 aromatic heterocycles. The van der Waals surface area contributed by atoms with Crippen molar-refractivity contribution in [1.82, 2.24) is 19.7 Å². The van der Waals surface area contributed by atoms with Crippen molar-refractivity contribution in [3.05, 3.63) is 24.2 Å². The summed E-state index contributed by atoms with van der Waals surface area (Å²) in [4.78, 5) is 8.41. The maximum absolute atomic E-state index is 5.73. The molecule has 0 spiro atoms. The number of aromatic nitrogens is 4. The van der Waals surface area contributed by atoms with Crippen molar-refractivity contribution in [1.29, 1.82) is 0 Å². The van der Waals surface area contributed by atoms with Crippen LogP contribution in [0.1, 0.15) is 5.76 Å². The second kappa shape index (κ2) is 3.31. The molecule has 0 aromatic carbocycles. The molecule has 0 unspecified atom stereocenters. The average molecular weight is 229 g/mol. The van der Waals surface area contributed by atoms with E-state index in [0.29, 0.717) is 17.3 Å². The molecule has 3 rings (SSSR count). The Labute approximate surface area is 97.1 Å². The summed E-state index contributed by atoms with van der Waals surface area (Å²) in [7, 11) is 1.82. The van der Waals surface area contributed by atoms with Crippen LogP contribution in [0.2, 0.25) is 0 Å². The zero-order valence-electron chi connectivity index (χ0n) is 9.51. The molecular formula is C11H11N5O. The number of hydrogen-bond donors (Lipinski definition) is 1. The van der Waals surface area contributed by atoms with E-state index in [2.05, 4.69) is 15.1 Å². The molecule has 0 fully saturated rings. The fourth-order valence-electron chi connectivity index (χ4n) is 1.78. The van der Waals surface area contributed by atoms with Crippen LogP contribution in [0.5, 0.6) is 0 Å². The van der Waals surface area contributed by atoms with Crippen molar-refractivity contribution in [2.45, 2.75) is 6.92 Å². The van der Waals surface area contributed by atoms with Crippen molar-refractivity contribution >= 4 is 16.7 Å². The number of rotatable bonds is 1. The highest BCUT2D eigenvalue weighted by Crippen LogP contribution is 2.27.